The quantitative estimate of drug-likeness (QED) is 0.194. The fraction of sp³-hybridized carbons (Fsp3) is 0.371. The van der Waals surface area contributed by atoms with E-state index >= 15 is 0 Å². The Balaban J connectivity index is 1.26. The first-order valence-electron chi connectivity index (χ1n) is 14.9. The number of ether oxygens (including phenoxy) is 2. The van der Waals surface area contributed by atoms with Crippen molar-refractivity contribution < 1.29 is 24.2 Å². The molecule has 218 valence electrons. The van der Waals surface area contributed by atoms with E-state index in [-0.39, 0.29) is 41.4 Å². The standard InChI is InChI=1S/C35H37NO5S/c1-2-9-23(18-24-10-6-7-14-30(24)37)15-16-31-32-25(21-40-26-11-4-3-5-12-26)19-28-33(29(32)22-41-31)35(39)36(34(28)38)20-27-13-8-17-42-27/h3-8,10-14,17-18,28-29,31,33,37H,2,9,15-16,19-22H2,1H3/b23-18+/t28-,29+,31-,33-/m1/s1. The zero-order valence-electron chi connectivity index (χ0n) is 23.9. The van der Waals surface area contributed by atoms with Crippen molar-refractivity contribution in [3.63, 3.8) is 0 Å². The van der Waals surface area contributed by atoms with Crippen LogP contribution in [0.5, 0.6) is 11.5 Å². The minimum absolute atomic E-state index is 0.0701. The third kappa shape index (κ3) is 5.81. The summed E-state index contributed by atoms with van der Waals surface area (Å²) in [5.74, 6) is 0.0345. The molecular formula is C35H37NO5S. The fourth-order valence-electron chi connectivity index (χ4n) is 6.81. The molecule has 0 saturated carbocycles. The van der Waals surface area contributed by atoms with E-state index in [4.69, 9.17) is 9.47 Å². The number of amides is 2. The Kier molecular flexibility index (Phi) is 8.58. The number of hydrogen-bond acceptors (Lipinski definition) is 6. The van der Waals surface area contributed by atoms with Gasteiger partial charge in [-0.1, -0.05) is 67.5 Å². The molecule has 2 fully saturated rings. The van der Waals surface area contributed by atoms with Crippen LogP contribution in [0.25, 0.3) is 6.08 Å². The molecule has 0 radical (unpaired) electrons. The van der Waals surface area contributed by atoms with Gasteiger partial charge in [-0.25, -0.2) is 0 Å². The summed E-state index contributed by atoms with van der Waals surface area (Å²) in [6.07, 6.45) is 6.02. The summed E-state index contributed by atoms with van der Waals surface area (Å²) in [5.41, 5.74) is 4.33. The summed E-state index contributed by atoms with van der Waals surface area (Å²) >= 11 is 1.57. The van der Waals surface area contributed by atoms with Gasteiger partial charge in [0.1, 0.15) is 18.1 Å². The van der Waals surface area contributed by atoms with Gasteiger partial charge in [-0.3, -0.25) is 14.5 Å². The van der Waals surface area contributed by atoms with Gasteiger partial charge in [-0.2, -0.15) is 0 Å². The van der Waals surface area contributed by atoms with Gasteiger partial charge in [0.05, 0.1) is 31.1 Å². The molecule has 3 aromatic rings. The summed E-state index contributed by atoms with van der Waals surface area (Å²) in [6, 6.07) is 21.1. The van der Waals surface area contributed by atoms with Gasteiger partial charge in [0.2, 0.25) is 11.8 Å². The number of carbonyl (C=O) groups excluding carboxylic acids is 2. The molecule has 42 heavy (non-hydrogen) atoms. The predicted octanol–water partition coefficient (Wildman–Crippen LogP) is 7.01. The van der Waals surface area contributed by atoms with Gasteiger partial charge in [0.15, 0.2) is 0 Å². The number of phenolic OH excluding ortho intramolecular Hbond substituents is 1. The number of para-hydroxylation sites is 2. The zero-order chi connectivity index (χ0) is 29.1. The summed E-state index contributed by atoms with van der Waals surface area (Å²) in [4.78, 5) is 29.9. The Morgan fingerprint density at radius 1 is 1.02 bits per heavy atom. The van der Waals surface area contributed by atoms with Crippen molar-refractivity contribution >= 4 is 29.2 Å². The summed E-state index contributed by atoms with van der Waals surface area (Å²) in [6.45, 7) is 3.31. The van der Waals surface area contributed by atoms with Crippen LogP contribution in [0, 0.1) is 17.8 Å². The Hall–Kier alpha value is -3.68. The van der Waals surface area contributed by atoms with Crippen LogP contribution in [0.15, 0.2) is 88.8 Å². The lowest BCUT2D eigenvalue weighted by atomic mass is 9.69. The minimum Gasteiger partial charge on any atom is -0.507 e. The maximum Gasteiger partial charge on any atom is 0.234 e. The van der Waals surface area contributed by atoms with Crippen LogP contribution in [0.1, 0.15) is 49.5 Å². The lowest BCUT2D eigenvalue weighted by Crippen LogP contribution is -2.35. The van der Waals surface area contributed by atoms with E-state index in [1.807, 2.05) is 66.0 Å². The number of nitrogens with zero attached hydrogens (tertiary/aromatic N) is 1. The molecule has 3 aliphatic rings. The van der Waals surface area contributed by atoms with Crippen LogP contribution in [0.2, 0.25) is 0 Å². The minimum atomic E-state index is -0.384. The molecule has 2 saturated heterocycles. The maximum absolute atomic E-state index is 13.8. The molecule has 1 N–H and O–H groups in total. The molecular weight excluding hydrogens is 546 g/mol. The van der Waals surface area contributed by atoms with Gasteiger partial charge >= 0.3 is 0 Å². The molecule has 2 aromatic carbocycles. The highest BCUT2D eigenvalue weighted by Crippen LogP contribution is 2.50. The largest absolute Gasteiger partial charge is 0.507 e. The summed E-state index contributed by atoms with van der Waals surface area (Å²) < 4.78 is 12.7. The highest BCUT2D eigenvalue weighted by atomic mass is 32.1. The van der Waals surface area contributed by atoms with E-state index < -0.39 is 0 Å². The van der Waals surface area contributed by atoms with Crippen molar-refractivity contribution in [2.24, 2.45) is 17.8 Å². The summed E-state index contributed by atoms with van der Waals surface area (Å²) in [5, 5.41) is 12.3. The van der Waals surface area contributed by atoms with Gasteiger partial charge in [-0.15, -0.1) is 11.3 Å². The third-order valence-corrected chi connectivity index (χ3v) is 9.61. The topological polar surface area (TPSA) is 76.1 Å². The third-order valence-electron chi connectivity index (χ3n) is 8.74. The number of likely N-dealkylation sites (tertiary alicyclic amines) is 1. The Labute approximate surface area is 251 Å². The molecule has 2 aliphatic heterocycles. The molecule has 0 spiro atoms. The molecule has 0 unspecified atom stereocenters. The number of imide groups is 1. The van der Waals surface area contributed by atoms with Crippen molar-refractivity contribution in [3.05, 3.63) is 99.3 Å². The van der Waals surface area contributed by atoms with E-state index in [0.717, 1.165) is 53.0 Å². The lowest BCUT2D eigenvalue weighted by Gasteiger charge is -2.32. The Morgan fingerprint density at radius 3 is 2.60 bits per heavy atom. The van der Waals surface area contributed by atoms with E-state index in [2.05, 4.69) is 13.0 Å². The van der Waals surface area contributed by atoms with Gasteiger partial charge in [-0.05, 0) is 66.5 Å². The zero-order valence-corrected chi connectivity index (χ0v) is 24.7. The first-order valence-corrected chi connectivity index (χ1v) is 15.8. The number of hydrogen-bond donors (Lipinski definition) is 1. The van der Waals surface area contributed by atoms with E-state index in [1.54, 1.807) is 17.4 Å². The van der Waals surface area contributed by atoms with Gasteiger partial charge in [0, 0.05) is 16.4 Å². The van der Waals surface area contributed by atoms with Crippen molar-refractivity contribution in [2.45, 2.75) is 51.7 Å². The number of thiophene rings is 1. The molecule has 0 bridgehead atoms. The molecule has 4 atom stereocenters. The first kappa shape index (κ1) is 28.4. The van der Waals surface area contributed by atoms with Crippen molar-refractivity contribution in [2.75, 3.05) is 13.2 Å². The van der Waals surface area contributed by atoms with Crippen LogP contribution in [-0.2, 0) is 20.9 Å². The van der Waals surface area contributed by atoms with Crippen molar-refractivity contribution in [3.8, 4) is 11.5 Å². The van der Waals surface area contributed by atoms with Crippen LogP contribution in [0.3, 0.4) is 0 Å². The first-order chi connectivity index (χ1) is 20.5. The van der Waals surface area contributed by atoms with Crippen molar-refractivity contribution in [1.29, 1.82) is 0 Å². The smallest absolute Gasteiger partial charge is 0.234 e. The number of aromatic hydroxyl groups is 1. The molecule has 1 aromatic heterocycles. The molecule has 3 heterocycles. The molecule has 6 rings (SSSR count). The molecule has 2 amide bonds. The Bertz CT molecular complexity index is 1480. The van der Waals surface area contributed by atoms with Gasteiger partial charge in [0.25, 0.3) is 0 Å². The monoisotopic (exact) mass is 583 g/mol. The number of carbonyl (C=O) groups is 2. The van der Waals surface area contributed by atoms with Crippen LogP contribution < -0.4 is 4.74 Å². The highest BCUT2D eigenvalue weighted by molar-refractivity contribution is 7.09. The van der Waals surface area contributed by atoms with Crippen LogP contribution in [-0.4, -0.2) is 41.1 Å². The second-order valence-electron chi connectivity index (χ2n) is 11.4. The van der Waals surface area contributed by atoms with Crippen molar-refractivity contribution in [1.82, 2.24) is 4.90 Å². The van der Waals surface area contributed by atoms with Crippen LogP contribution >= 0.6 is 11.3 Å². The fourth-order valence-corrected chi connectivity index (χ4v) is 7.50. The molecule has 1 aliphatic carbocycles. The molecule has 6 nitrogen and oxygen atoms in total. The second kappa shape index (κ2) is 12.7. The maximum atomic E-state index is 13.8. The number of phenols is 1. The average molecular weight is 584 g/mol. The number of fused-ring (bicyclic) bond motifs is 3. The molecule has 7 heteroatoms. The van der Waals surface area contributed by atoms with E-state index in [0.29, 0.717) is 26.2 Å². The van der Waals surface area contributed by atoms with E-state index in [9.17, 15) is 14.7 Å². The average Bonchev–Trinajstić information content (AvgIpc) is 3.73. The highest BCUT2D eigenvalue weighted by Gasteiger charge is 2.57. The van der Waals surface area contributed by atoms with E-state index in [1.165, 1.54) is 10.5 Å². The van der Waals surface area contributed by atoms with Crippen LogP contribution in [0.4, 0.5) is 0 Å². The SMILES string of the molecule is CCC/C(=C\c1ccccc1O)CC[C@H]1OC[C@H]2C1=C(COc1ccccc1)C[C@H]1C(=O)N(Cc3cccs3)C(=O)[C@H]12. The van der Waals surface area contributed by atoms with Gasteiger partial charge < -0.3 is 14.6 Å². The number of rotatable bonds is 11. The number of allylic oxidation sites excluding steroid dienone is 1. The lowest BCUT2D eigenvalue weighted by molar-refractivity contribution is -0.140. The summed E-state index contributed by atoms with van der Waals surface area (Å²) in [7, 11) is 0. The Morgan fingerprint density at radius 2 is 1.83 bits per heavy atom. The normalized spacial score (nSPS) is 23.8. The number of benzene rings is 2. The predicted molar refractivity (Wildman–Crippen MR) is 164 cm³/mol. The second-order valence-corrected chi connectivity index (χ2v) is 12.4.